The first-order valence-corrected chi connectivity index (χ1v) is 11.7. The van der Waals surface area contributed by atoms with Crippen LogP contribution in [0.4, 0.5) is 5.82 Å². The van der Waals surface area contributed by atoms with Crippen molar-refractivity contribution in [2.45, 2.75) is 53.2 Å². The van der Waals surface area contributed by atoms with Crippen molar-refractivity contribution in [1.82, 2.24) is 14.3 Å². The van der Waals surface area contributed by atoms with Crippen molar-refractivity contribution in [3.8, 4) is 0 Å². The fraction of sp³-hybridized carbons (Fsp3) is 0.545. The second-order valence-electron chi connectivity index (χ2n) is 8.24. The molecule has 3 rings (SSSR count). The molecular formula is C22H32N4O2S. The molecule has 1 aliphatic heterocycles. The lowest BCUT2D eigenvalue weighted by atomic mass is 9.97. The maximum absolute atomic E-state index is 12.5. The zero-order chi connectivity index (χ0) is 21.3. The van der Waals surface area contributed by atoms with Gasteiger partial charge in [-0.1, -0.05) is 23.8 Å². The summed E-state index contributed by atoms with van der Waals surface area (Å²) in [6.45, 7) is 13.9. The lowest BCUT2D eigenvalue weighted by molar-refractivity contribution is 0.379. The SMILES string of the molecule is Cc1ccc(C)c(Cc2c(C)nc(C)nc2N2CCN(S(=O)(=O)C(C)C)CC2)c1. The molecule has 158 valence electrons. The summed E-state index contributed by atoms with van der Waals surface area (Å²) in [6, 6.07) is 6.52. The molecule has 29 heavy (non-hydrogen) atoms. The molecule has 0 N–H and O–H groups in total. The van der Waals surface area contributed by atoms with Crippen molar-refractivity contribution in [1.29, 1.82) is 0 Å². The van der Waals surface area contributed by atoms with Gasteiger partial charge in [-0.2, -0.15) is 4.31 Å². The summed E-state index contributed by atoms with van der Waals surface area (Å²) in [4.78, 5) is 11.6. The van der Waals surface area contributed by atoms with Gasteiger partial charge in [-0.15, -0.1) is 0 Å². The van der Waals surface area contributed by atoms with Crippen molar-refractivity contribution < 1.29 is 8.42 Å². The molecule has 2 heterocycles. The highest BCUT2D eigenvalue weighted by molar-refractivity contribution is 7.89. The van der Waals surface area contributed by atoms with E-state index in [4.69, 9.17) is 4.98 Å². The first-order chi connectivity index (χ1) is 13.6. The first kappa shape index (κ1) is 21.7. The molecule has 7 heteroatoms. The van der Waals surface area contributed by atoms with E-state index >= 15 is 0 Å². The van der Waals surface area contributed by atoms with Gasteiger partial charge in [-0.05, 0) is 52.7 Å². The minimum atomic E-state index is -3.22. The van der Waals surface area contributed by atoms with Gasteiger partial charge >= 0.3 is 0 Å². The average Bonchev–Trinajstić information content (AvgIpc) is 2.66. The maximum Gasteiger partial charge on any atom is 0.216 e. The molecule has 1 aliphatic rings. The standard InChI is InChI=1S/C22H32N4O2S/c1-15(2)29(27,28)26-11-9-25(10-12-26)22-21(18(5)23-19(6)24-22)14-20-13-16(3)7-8-17(20)4/h7-8,13,15H,9-12,14H2,1-6H3. The van der Waals surface area contributed by atoms with Gasteiger partial charge in [0.05, 0.1) is 5.25 Å². The van der Waals surface area contributed by atoms with Crippen molar-refractivity contribution >= 4 is 15.8 Å². The third-order valence-corrected chi connectivity index (χ3v) is 7.95. The van der Waals surface area contributed by atoms with Crippen LogP contribution in [0.3, 0.4) is 0 Å². The summed E-state index contributed by atoms with van der Waals surface area (Å²) >= 11 is 0. The first-order valence-electron chi connectivity index (χ1n) is 10.2. The van der Waals surface area contributed by atoms with Crippen molar-refractivity contribution in [2.75, 3.05) is 31.1 Å². The van der Waals surface area contributed by atoms with Gasteiger partial charge in [0.2, 0.25) is 10.0 Å². The molecule has 0 unspecified atom stereocenters. The van der Waals surface area contributed by atoms with Crippen LogP contribution in [-0.4, -0.2) is 54.1 Å². The molecule has 0 amide bonds. The molecule has 0 atom stereocenters. The van der Waals surface area contributed by atoms with Crippen LogP contribution >= 0.6 is 0 Å². The highest BCUT2D eigenvalue weighted by Crippen LogP contribution is 2.27. The number of piperazine rings is 1. The molecular weight excluding hydrogens is 384 g/mol. The molecule has 1 aromatic heterocycles. The largest absolute Gasteiger partial charge is 0.354 e. The monoisotopic (exact) mass is 416 g/mol. The number of benzene rings is 1. The zero-order valence-electron chi connectivity index (χ0n) is 18.4. The molecule has 0 spiro atoms. The Morgan fingerprint density at radius 2 is 1.66 bits per heavy atom. The Kier molecular flexibility index (Phi) is 6.29. The lowest BCUT2D eigenvalue weighted by Crippen LogP contribution is -2.51. The summed E-state index contributed by atoms with van der Waals surface area (Å²) in [5, 5.41) is -0.391. The lowest BCUT2D eigenvalue weighted by Gasteiger charge is -2.36. The summed E-state index contributed by atoms with van der Waals surface area (Å²) in [5.74, 6) is 1.69. The number of rotatable bonds is 5. The Hall–Kier alpha value is -1.99. The quantitative estimate of drug-likeness (QED) is 0.749. The van der Waals surface area contributed by atoms with Crippen LogP contribution in [0.5, 0.6) is 0 Å². The van der Waals surface area contributed by atoms with E-state index in [0.717, 1.165) is 29.3 Å². The van der Waals surface area contributed by atoms with Crippen molar-refractivity contribution in [2.24, 2.45) is 0 Å². The summed E-state index contributed by atoms with van der Waals surface area (Å²) < 4.78 is 26.6. The number of nitrogens with zero attached hydrogens (tertiary/aromatic N) is 4. The number of aryl methyl sites for hydroxylation is 4. The van der Waals surface area contributed by atoms with Crippen LogP contribution < -0.4 is 4.90 Å². The second kappa shape index (κ2) is 8.40. The Bertz CT molecular complexity index is 994. The van der Waals surface area contributed by atoms with E-state index in [1.165, 1.54) is 16.7 Å². The van der Waals surface area contributed by atoms with Crippen molar-refractivity contribution in [3.63, 3.8) is 0 Å². The van der Waals surface area contributed by atoms with Gasteiger partial charge in [-0.25, -0.2) is 18.4 Å². The Morgan fingerprint density at radius 1 is 1.00 bits per heavy atom. The second-order valence-corrected chi connectivity index (χ2v) is 10.7. The van der Waals surface area contributed by atoms with E-state index in [0.29, 0.717) is 26.2 Å². The maximum atomic E-state index is 12.5. The third-order valence-electron chi connectivity index (χ3n) is 5.67. The average molecular weight is 417 g/mol. The third kappa shape index (κ3) is 4.61. The number of hydrogen-bond acceptors (Lipinski definition) is 5. The molecule has 0 radical (unpaired) electrons. The van der Waals surface area contributed by atoms with Crippen LogP contribution in [0.1, 0.15) is 47.6 Å². The van der Waals surface area contributed by atoms with E-state index in [1.807, 2.05) is 13.8 Å². The fourth-order valence-corrected chi connectivity index (χ4v) is 5.09. The van der Waals surface area contributed by atoms with Gasteiger partial charge in [0.25, 0.3) is 0 Å². The van der Waals surface area contributed by atoms with E-state index < -0.39 is 15.3 Å². The predicted molar refractivity (Wildman–Crippen MR) is 118 cm³/mol. The van der Waals surface area contributed by atoms with E-state index in [2.05, 4.69) is 41.9 Å². The highest BCUT2D eigenvalue weighted by Gasteiger charge is 2.30. The zero-order valence-corrected chi connectivity index (χ0v) is 19.2. The minimum absolute atomic E-state index is 0.391. The Balaban J connectivity index is 1.90. The smallest absolute Gasteiger partial charge is 0.216 e. The molecule has 0 bridgehead atoms. The molecule has 1 fully saturated rings. The van der Waals surface area contributed by atoms with Crippen LogP contribution in [0.2, 0.25) is 0 Å². The van der Waals surface area contributed by atoms with E-state index in [1.54, 1.807) is 18.2 Å². The summed E-state index contributed by atoms with van der Waals surface area (Å²) in [6.07, 6.45) is 0.777. The number of aromatic nitrogens is 2. The van der Waals surface area contributed by atoms with Crippen LogP contribution in [-0.2, 0) is 16.4 Å². The van der Waals surface area contributed by atoms with Gasteiger partial charge in [0, 0.05) is 43.9 Å². The van der Waals surface area contributed by atoms with Crippen LogP contribution in [0, 0.1) is 27.7 Å². The number of hydrogen-bond donors (Lipinski definition) is 0. The van der Waals surface area contributed by atoms with Crippen LogP contribution in [0.15, 0.2) is 18.2 Å². The molecule has 2 aromatic rings. The molecule has 6 nitrogen and oxygen atoms in total. The van der Waals surface area contributed by atoms with Crippen LogP contribution in [0.25, 0.3) is 0 Å². The minimum Gasteiger partial charge on any atom is -0.354 e. The van der Waals surface area contributed by atoms with Gasteiger partial charge in [0.15, 0.2) is 0 Å². The molecule has 0 aliphatic carbocycles. The fourth-order valence-electron chi connectivity index (χ4n) is 3.82. The van der Waals surface area contributed by atoms with Crippen molar-refractivity contribution in [3.05, 3.63) is 52.0 Å². The van der Waals surface area contributed by atoms with Gasteiger partial charge in [-0.3, -0.25) is 0 Å². The molecule has 1 saturated heterocycles. The Labute approximate surface area is 175 Å². The number of sulfonamides is 1. The molecule has 0 saturated carbocycles. The van der Waals surface area contributed by atoms with Gasteiger partial charge in [0.1, 0.15) is 11.6 Å². The van der Waals surface area contributed by atoms with E-state index in [9.17, 15) is 8.42 Å². The molecule has 1 aromatic carbocycles. The van der Waals surface area contributed by atoms with Gasteiger partial charge < -0.3 is 4.90 Å². The van der Waals surface area contributed by atoms with E-state index in [-0.39, 0.29) is 0 Å². The topological polar surface area (TPSA) is 66.4 Å². The Morgan fingerprint density at radius 3 is 2.28 bits per heavy atom. The predicted octanol–water partition coefficient (Wildman–Crippen LogP) is 3.16. The highest BCUT2D eigenvalue weighted by atomic mass is 32.2. The number of anilines is 1. The normalized spacial score (nSPS) is 15.9. The summed E-state index contributed by atoms with van der Waals surface area (Å²) in [5.41, 5.74) is 5.90. The summed E-state index contributed by atoms with van der Waals surface area (Å²) in [7, 11) is -3.22.